The van der Waals surface area contributed by atoms with E-state index in [2.05, 4.69) is 20.4 Å². The second kappa shape index (κ2) is 10.0. The van der Waals surface area contributed by atoms with Gasteiger partial charge in [-0.2, -0.15) is 18.6 Å². The van der Waals surface area contributed by atoms with Crippen LogP contribution in [-0.4, -0.2) is 29.8 Å². The first-order valence-corrected chi connectivity index (χ1v) is 11.4. The lowest BCUT2D eigenvalue weighted by atomic mass is 10.0. The van der Waals surface area contributed by atoms with Crippen LogP contribution >= 0.6 is 11.6 Å². The molecule has 0 aliphatic carbocycles. The van der Waals surface area contributed by atoms with Gasteiger partial charge in [0, 0.05) is 41.2 Å². The van der Waals surface area contributed by atoms with Crippen molar-refractivity contribution in [1.29, 1.82) is 0 Å². The minimum Gasteiger partial charge on any atom is -0.398 e. The van der Waals surface area contributed by atoms with Crippen LogP contribution in [0.5, 0.6) is 0 Å². The molecule has 0 saturated carbocycles. The molecule has 1 unspecified atom stereocenters. The van der Waals surface area contributed by atoms with Crippen LogP contribution < -0.4 is 5.73 Å². The van der Waals surface area contributed by atoms with E-state index in [9.17, 15) is 17.6 Å². The van der Waals surface area contributed by atoms with Crippen LogP contribution in [0.25, 0.3) is 22.4 Å². The Kier molecular flexibility index (Phi) is 6.62. The maximum absolute atomic E-state index is 14.7. The van der Waals surface area contributed by atoms with Crippen molar-refractivity contribution in [2.75, 3.05) is 5.73 Å². The van der Waals surface area contributed by atoms with Gasteiger partial charge in [0.1, 0.15) is 11.5 Å². The number of benzene rings is 2. The molecule has 37 heavy (non-hydrogen) atoms. The van der Waals surface area contributed by atoms with Crippen molar-refractivity contribution in [2.45, 2.75) is 19.0 Å². The quantitative estimate of drug-likeness (QED) is 0.209. The van der Waals surface area contributed by atoms with Crippen molar-refractivity contribution < 1.29 is 17.6 Å². The van der Waals surface area contributed by atoms with Gasteiger partial charge >= 0.3 is 6.55 Å². The van der Waals surface area contributed by atoms with E-state index in [0.29, 0.717) is 27.9 Å². The van der Waals surface area contributed by atoms with Gasteiger partial charge in [0.05, 0.1) is 29.2 Å². The highest BCUT2D eigenvalue weighted by Gasteiger charge is 2.21. The smallest absolute Gasteiger partial charge is 0.334 e. The number of aromatic nitrogens is 6. The number of hydrogen-bond acceptors (Lipinski definition) is 5. The molecule has 0 aliphatic rings. The number of rotatable bonds is 7. The highest BCUT2D eigenvalue weighted by atomic mass is 35.5. The van der Waals surface area contributed by atoms with Gasteiger partial charge in [-0.25, -0.2) is 8.78 Å². The summed E-state index contributed by atoms with van der Waals surface area (Å²) in [5, 5.41) is 11.5. The van der Waals surface area contributed by atoms with Crippen LogP contribution in [0.15, 0.2) is 73.3 Å². The molecule has 0 radical (unpaired) electrons. The molecule has 0 fully saturated rings. The van der Waals surface area contributed by atoms with Crippen LogP contribution in [0, 0.1) is 11.6 Å². The summed E-state index contributed by atoms with van der Waals surface area (Å²) in [6, 6.07) is 11.8. The molecule has 3 aromatic heterocycles. The summed E-state index contributed by atoms with van der Waals surface area (Å²) in [5.41, 5.74) is 8.84. The second-order valence-corrected chi connectivity index (χ2v) is 8.62. The van der Waals surface area contributed by atoms with E-state index in [1.165, 1.54) is 36.7 Å². The summed E-state index contributed by atoms with van der Waals surface area (Å²) in [5.74, 6) is -1.01. The molecule has 1 atom stereocenters. The molecule has 3 heterocycles. The molecule has 0 amide bonds. The lowest BCUT2D eigenvalue weighted by Gasteiger charge is -2.18. The van der Waals surface area contributed by atoms with E-state index in [0.717, 1.165) is 11.8 Å². The van der Waals surface area contributed by atoms with Crippen LogP contribution in [0.2, 0.25) is 5.02 Å². The highest BCUT2D eigenvalue weighted by molar-refractivity contribution is 6.31. The molecule has 188 valence electrons. The van der Waals surface area contributed by atoms with E-state index in [4.69, 9.17) is 17.3 Å². The number of hydrogen-bond donors (Lipinski definition) is 1. The number of pyridine rings is 1. The Labute approximate surface area is 213 Å². The Morgan fingerprint density at radius 2 is 1.68 bits per heavy atom. The van der Waals surface area contributed by atoms with Gasteiger partial charge in [0.2, 0.25) is 0 Å². The predicted octanol–water partition coefficient (Wildman–Crippen LogP) is 5.94. The maximum Gasteiger partial charge on any atom is 0.334 e. The fourth-order valence-electron chi connectivity index (χ4n) is 3.93. The number of halogens is 5. The first-order valence-electron chi connectivity index (χ1n) is 11.0. The molecule has 2 N–H and O–H groups in total. The van der Waals surface area contributed by atoms with Gasteiger partial charge in [0.25, 0.3) is 0 Å². The fraction of sp³-hybridized carbons (Fsp3) is 0.120. The van der Waals surface area contributed by atoms with E-state index in [-0.39, 0.29) is 27.8 Å². The summed E-state index contributed by atoms with van der Waals surface area (Å²) in [6.07, 6.45) is 6.10. The Morgan fingerprint density at radius 3 is 2.35 bits per heavy atom. The van der Waals surface area contributed by atoms with Crippen molar-refractivity contribution in [3.05, 3.63) is 101 Å². The third-order valence-electron chi connectivity index (χ3n) is 5.81. The molecule has 7 nitrogen and oxygen atoms in total. The third-order valence-corrected chi connectivity index (χ3v) is 6.10. The molecule has 0 bridgehead atoms. The zero-order valence-corrected chi connectivity index (χ0v) is 19.7. The average molecular weight is 528 g/mol. The minimum absolute atomic E-state index is 0.0599. The first kappa shape index (κ1) is 24.4. The molecule has 0 saturated heterocycles. The number of anilines is 1. The predicted molar refractivity (Wildman–Crippen MR) is 130 cm³/mol. The minimum atomic E-state index is -2.82. The van der Waals surface area contributed by atoms with Gasteiger partial charge in [-0.15, -0.1) is 5.10 Å². The molecule has 5 aromatic rings. The van der Waals surface area contributed by atoms with Crippen LogP contribution in [0.3, 0.4) is 0 Å². The van der Waals surface area contributed by atoms with E-state index in [1.54, 1.807) is 35.1 Å². The van der Waals surface area contributed by atoms with E-state index < -0.39 is 18.4 Å². The van der Waals surface area contributed by atoms with E-state index in [1.807, 2.05) is 0 Å². The van der Waals surface area contributed by atoms with Crippen LogP contribution in [0.1, 0.15) is 23.8 Å². The number of nitrogens with two attached hydrogens (primary N) is 1. The third kappa shape index (κ3) is 5.03. The normalized spacial score (nSPS) is 12.3. The zero-order valence-electron chi connectivity index (χ0n) is 18.9. The molecule has 0 aliphatic heterocycles. The van der Waals surface area contributed by atoms with Crippen molar-refractivity contribution >= 4 is 17.3 Å². The van der Waals surface area contributed by atoms with Gasteiger partial charge < -0.3 is 5.73 Å². The Bertz CT molecular complexity index is 1530. The van der Waals surface area contributed by atoms with E-state index >= 15 is 0 Å². The van der Waals surface area contributed by atoms with Crippen molar-refractivity contribution in [3.8, 4) is 22.4 Å². The maximum atomic E-state index is 14.7. The average Bonchev–Trinajstić information content (AvgIpc) is 3.57. The Balaban J connectivity index is 1.51. The molecule has 2 aromatic carbocycles. The van der Waals surface area contributed by atoms with Crippen molar-refractivity contribution in [2.24, 2.45) is 0 Å². The monoisotopic (exact) mass is 527 g/mol. The first-order chi connectivity index (χ1) is 17.8. The zero-order chi connectivity index (χ0) is 26.1. The topological polar surface area (TPSA) is 87.4 Å². The molecule has 5 rings (SSSR count). The van der Waals surface area contributed by atoms with Crippen LogP contribution in [-0.2, 0) is 6.42 Å². The van der Waals surface area contributed by atoms with Gasteiger partial charge in [0.15, 0.2) is 5.82 Å². The van der Waals surface area contributed by atoms with Gasteiger partial charge in [-0.3, -0.25) is 9.67 Å². The largest absolute Gasteiger partial charge is 0.398 e. The summed E-state index contributed by atoms with van der Waals surface area (Å²) in [4.78, 5) is 4.54. The Hall–Kier alpha value is -4.25. The molecule has 12 heteroatoms. The Morgan fingerprint density at radius 1 is 0.892 bits per heavy atom. The SMILES string of the molecule is Nc1ccc(Cl)c(F)c1-c1ccc(C(Cc2ccc(F)cc2)n2cc(-c3cn(C(F)F)nn3)cn2)nc1. The van der Waals surface area contributed by atoms with Gasteiger partial charge in [-0.05, 0) is 35.9 Å². The number of nitrogens with zero attached hydrogens (tertiary/aromatic N) is 6. The standard InChI is InChI=1S/C25H18ClF4N7/c26-18-6-7-19(31)23(24(18)28)15-3-8-20(32-10-15)22(9-14-1-4-17(27)5-2-14)36-12-16(11-33-36)21-13-37(25(29)30)35-34-21/h1-8,10-13,22,25H,9,31H2. The lowest BCUT2D eigenvalue weighted by molar-refractivity contribution is 0.0546. The van der Waals surface area contributed by atoms with Crippen LogP contribution in [0.4, 0.5) is 23.2 Å². The molecular weight excluding hydrogens is 510 g/mol. The number of nitrogen functional groups attached to an aromatic ring is 1. The molecule has 0 spiro atoms. The van der Waals surface area contributed by atoms with Gasteiger partial charge in [-0.1, -0.05) is 35.0 Å². The van der Waals surface area contributed by atoms with Crippen molar-refractivity contribution in [1.82, 2.24) is 29.8 Å². The summed E-state index contributed by atoms with van der Waals surface area (Å²) < 4.78 is 56.0. The molecular formula is C25H18ClF4N7. The fourth-order valence-corrected chi connectivity index (χ4v) is 4.09. The lowest BCUT2D eigenvalue weighted by Crippen LogP contribution is -2.15. The van der Waals surface area contributed by atoms with Crippen molar-refractivity contribution in [3.63, 3.8) is 0 Å². The summed E-state index contributed by atoms with van der Waals surface area (Å²) in [7, 11) is 0. The second-order valence-electron chi connectivity index (χ2n) is 8.21. The summed E-state index contributed by atoms with van der Waals surface area (Å²) in [6.45, 7) is -2.82. The highest BCUT2D eigenvalue weighted by Crippen LogP contribution is 2.33. The summed E-state index contributed by atoms with van der Waals surface area (Å²) >= 11 is 5.93. The number of alkyl halides is 2.